The van der Waals surface area contributed by atoms with Gasteiger partial charge in [-0.15, -0.1) is 22.7 Å². The lowest BCUT2D eigenvalue weighted by Crippen LogP contribution is -2.39. The number of thiazole rings is 2. The average Bonchev–Trinajstić information content (AvgIpc) is 3.49. The summed E-state index contributed by atoms with van der Waals surface area (Å²) in [4.78, 5) is 49.2. The highest BCUT2D eigenvalue weighted by molar-refractivity contribution is 7.13. The predicted octanol–water partition coefficient (Wildman–Crippen LogP) is 4.10. The van der Waals surface area contributed by atoms with Crippen molar-refractivity contribution in [3.63, 3.8) is 0 Å². The number of rotatable bonds is 7. The molecule has 1 fully saturated rings. The molecule has 184 valence electrons. The third-order valence-corrected chi connectivity index (χ3v) is 7.98. The third kappa shape index (κ3) is 6.12. The molecule has 1 atom stereocenters. The molecule has 35 heavy (non-hydrogen) atoms. The van der Waals surface area contributed by atoms with Crippen LogP contribution in [0.3, 0.4) is 0 Å². The van der Waals surface area contributed by atoms with E-state index in [1.165, 1.54) is 22.7 Å². The van der Waals surface area contributed by atoms with Crippen LogP contribution in [-0.2, 0) is 16.1 Å². The van der Waals surface area contributed by atoms with Crippen molar-refractivity contribution in [1.29, 1.82) is 0 Å². The average molecular weight is 513 g/mol. The molecule has 3 heterocycles. The number of amides is 2. The van der Waals surface area contributed by atoms with Gasteiger partial charge in [0.1, 0.15) is 23.2 Å². The van der Waals surface area contributed by atoms with Crippen LogP contribution in [0.15, 0.2) is 35.7 Å². The number of piperidine rings is 1. The van der Waals surface area contributed by atoms with E-state index in [2.05, 4.69) is 15.3 Å². The molecule has 2 amide bonds. The first-order chi connectivity index (χ1) is 16.8. The fourth-order valence-electron chi connectivity index (χ4n) is 3.97. The minimum Gasteiger partial charge on any atom is -0.459 e. The first kappa shape index (κ1) is 25.0. The zero-order valence-electron chi connectivity index (χ0n) is 19.9. The van der Waals surface area contributed by atoms with Crippen LogP contribution in [0, 0.1) is 13.8 Å². The fourth-order valence-corrected chi connectivity index (χ4v) is 5.82. The number of ether oxygens (including phenoxy) is 1. The molecule has 0 saturated carbocycles. The summed E-state index contributed by atoms with van der Waals surface area (Å²) in [5.41, 5.74) is 1.96. The molecule has 1 aliphatic rings. The molecule has 1 N–H and O–H groups in total. The maximum atomic E-state index is 12.8. The number of benzene rings is 1. The Morgan fingerprint density at radius 1 is 1.14 bits per heavy atom. The number of nitrogens with zero attached hydrogens (tertiary/aromatic N) is 3. The number of hydrogen-bond acceptors (Lipinski definition) is 8. The molecule has 2 aromatic heterocycles. The van der Waals surface area contributed by atoms with E-state index in [4.69, 9.17) is 4.74 Å². The van der Waals surface area contributed by atoms with Crippen molar-refractivity contribution in [1.82, 2.24) is 20.2 Å². The number of hydrogen-bond donors (Lipinski definition) is 1. The van der Waals surface area contributed by atoms with Crippen molar-refractivity contribution >= 4 is 40.5 Å². The summed E-state index contributed by atoms with van der Waals surface area (Å²) in [5.74, 6) is -0.663. The number of aromatic nitrogens is 2. The second kappa shape index (κ2) is 11.1. The number of nitrogens with one attached hydrogen (secondary N) is 1. The van der Waals surface area contributed by atoms with E-state index in [-0.39, 0.29) is 18.4 Å². The largest absolute Gasteiger partial charge is 0.459 e. The van der Waals surface area contributed by atoms with Crippen molar-refractivity contribution < 1.29 is 19.1 Å². The molecule has 1 aromatic carbocycles. The highest BCUT2D eigenvalue weighted by Gasteiger charge is 2.29. The van der Waals surface area contributed by atoms with Crippen molar-refractivity contribution in [3.8, 4) is 0 Å². The molecule has 0 aliphatic carbocycles. The van der Waals surface area contributed by atoms with Gasteiger partial charge in [-0.3, -0.25) is 9.59 Å². The Labute approximate surface area is 212 Å². The molecule has 4 rings (SSSR count). The van der Waals surface area contributed by atoms with Gasteiger partial charge in [-0.25, -0.2) is 14.8 Å². The van der Waals surface area contributed by atoms with Crippen LogP contribution in [-0.4, -0.2) is 51.8 Å². The minimum atomic E-state index is -0.788. The normalized spacial score (nSPS) is 15.0. The van der Waals surface area contributed by atoms with E-state index in [0.717, 1.165) is 34.1 Å². The molecule has 3 aromatic rings. The summed E-state index contributed by atoms with van der Waals surface area (Å²) < 4.78 is 5.29. The summed E-state index contributed by atoms with van der Waals surface area (Å²) >= 11 is 2.88. The summed E-state index contributed by atoms with van der Waals surface area (Å²) in [7, 11) is 0. The van der Waals surface area contributed by atoms with Crippen LogP contribution >= 0.6 is 22.7 Å². The Morgan fingerprint density at radius 3 is 2.51 bits per heavy atom. The molecule has 0 radical (unpaired) electrons. The van der Waals surface area contributed by atoms with Crippen LogP contribution < -0.4 is 5.32 Å². The Balaban J connectivity index is 1.27. The van der Waals surface area contributed by atoms with Gasteiger partial charge in [0, 0.05) is 24.4 Å². The van der Waals surface area contributed by atoms with Crippen LogP contribution in [0.25, 0.3) is 0 Å². The van der Waals surface area contributed by atoms with Gasteiger partial charge in [-0.2, -0.15) is 0 Å². The number of aryl methyl sites for hydroxylation is 2. The summed E-state index contributed by atoms with van der Waals surface area (Å²) in [6.07, 6.45) is 1.58. The number of likely N-dealkylation sites (tertiary alicyclic amines) is 1. The monoisotopic (exact) mass is 512 g/mol. The molecule has 1 unspecified atom stereocenters. The lowest BCUT2D eigenvalue weighted by Gasteiger charge is -2.30. The number of carbonyl (C=O) groups is 3. The first-order valence-corrected chi connectivity index (χ1v) is 13.2. The Hall–Kier alpha value is -3.11. The van der Waals surface area contributed by atoms with Crippen LogP contribution in [0.1, 0.15) is 67.1 Å². The van der Waals surface area contributed by atoms with Crippen LogP contribution in [0.2, 0.25) is 0 Å². The highest BCUT2D eigenvalue weighted by Crippen LogP contribution is 2.31. The highest BCUT2D eigenvalue weighted by atomic mass is 32.1. The van der Waals surface area contributed by atoms with Crippen molar-refractivity contribution in [2.45, 2.75) is 52.2 Å². The fraction of sp³-hybridized carbons (Fsp3) is 0.400. The van der Waals surface area contributed by atoms with Gasteiger partial charge in [-0.1, -0.05) is 30.3 Å². The topological polar surface area (TPSA) is 101 Å². The van der Waals surface area contributed by atoms with Gasteiger partial charge in [0.15, 0.2) is 0 Å². The van der Waals surface area contributed by atoms with E-state index in [1.54, 1.807) is 12.3 Å². The predicted molar refractivity (Wildman–Crippen MR) is 135 cm³/mol. The van der Waals surface area contributed by atoms with Crippen molar-refractivity contribution in [2.75, 3.05) is 13.1 Å². The van der Waals surface area contributed by atoms with Crippen molar-refractivity contribution in [3.05, 3.63) is 67.6 Å². The lowest BCUT2D eigenvalue weighted by atomic mass is 9.97. The molecule has 0 bridgehead atoms. The second-order valence-corrected chi connectivity index (χ2v) is 10.7. The minimum absolute atomic E-state index is 0.0406. The maximum absolute atomic E-state index is 12.8. The SMILES string of the molecule is Cc1nc(C)c(C(=O)N2CCC(c3nc(C(=O)NC(C)C(=O)OCc4ccccc4)cs3)CC2)s1. The van der Waals surface area contributed by atoms with Gasteiger partial charge in [0.2, 0.25) is 0 Å². The molecule has 8 nitrogen and oxygen atoms in total. The molecular weight excluding hydrogens is 484 g/mol. The standard InChI is InChI=1S/C25H28N4O4S2/c1-15-21(35-17(3)26-15)24(31)29-11-9-19(10-12-29)23-28-20(14-34-23)22(30)27-16(2)25(32)33-13-18-7-5-4-6-8-18/h4-8,14,16,19H,9-13H2,1-3H3,(H,27,30). The Kier molecular flexibility index (Phi) is 7.92. The quantitative estimate of drug-likeness (QED) is 0.479. The van der Waals surface area contributed by atoms with E-state index in [9.17, 15) is 14.4 Å². The zero-order valence-corrected chi connectivity index (χ0v) is 21.6. The van der Waals surface area contributed by atoms with Crippen LogP contribution in [0.4, 0.5) is 0 Å². The lowest BCUT2D eigenvalue weighted by molar-refractivity contribution is -0.146. The van der Waals surface area contributed by atoms with E-state index >= 15 is 0 Å². The van der Waals surface area contributed by atoms with Crippen molar-refractivity contribution in [2.24, 2.45) is 0 Å². The summed E-state index contributed by atoms with van der Waals surface area (Å²) in [6, 6.07) is 8.59. The zero-order chi connectivity index (χ0) is 24.9. The Morgan fingerprint density at radius 2 is 1.86 bits per heavy atom. The summed E-state index contributed by atoms with van der Waals surface area (Å²) in [6.45, 7) is 6.82. The first-order valence-electron chi connectivity index (χ1n) is 11.5. The molecule has 0 spiro atoms. The van der Waals surface area contributed by atoms with E-state index in [0.29, 0.717) is 23.7 Å². The maximum Gasteiger partial charge on any atom is 0.328 e. The smallest absolute Gasteiger partial charge is 0.328 e. The van der Waals surface area contributed by atoms with Crippen LogP contribution in [0.5, 0.6) is 0 Å². The Bertz CT molecular complexity index is 1200. The summed E-state index contributed by atoms with van der Waals surface area (Å²) in [5, 5.41) is 6.16. The molecule has 1 aliphatic heterocycles. The van der Waals surface area contributed by atoms with Gasteiger partial charge in [-0.05, 0) is 39.2 Å². The van der Waals surface area contributed by atoms with Gasteiger partial charge in [0.05, 0.1) is 15.7 Å². The van der Waals surface area contributed by atoms with E-state index < -0.39 is 17.9 Å². The second-order valence-electron chi connectivity index (χ2n) is 8.57. The number of carbonyl (C=O) groups excluding carboxylic acids is 3. The molecule has 1 saturated heterocycles. The van der Waals surface area contributed by atoms with Gasteiger partial charge >= 0.3 is 5.97 Å². The van der Waals surface area contributed by atoms with Gasteiger partial charge in [0.25, 0.3) is 11.8 Å². The number of esters is 1. The molecule has 10 heteroatoms. The van der Waals surface area contributed by atoms with E-state index in [1.807, 2.05) is 49.1 Å². The third-order valence-electron chi connectivity index (χ3n) is 5.91. The molecular formula is C25H28N4O4S2. The van der Waals surface area contributed by atoms with Gasteiger partial charge < -0.3 is 15.0 Å².